The van der Waals surface area contributed by atoms with Crippen molar-refractivity contribution in [2.24, 2.45) is 5.73 Å². The average Bonchev–Trinajstić information content (AvgIpc) is 2.07. The average molecular weight is 166 g/mol. The highest BCUT2D eigenvalue weighted by Crippen LogP contribution is 2.03. The quantitative estimate of drug-likeness (QED) is 0.685. The Hall–Kier alpha value is -1.16. The summed E-state index contributed by atoms with van der Waals surface area (Å²) in [6.07, 6.45) is 1.81. The molecule has 1 heterocycles. The van der Waals surface area contributed by atoms with Gasteiger partial charge in [-0.15, -0.1) is 0 Å². The lowest BCUT2D eigenvalue weighted by Gasteiger charge is -2.04. The van der Waals surface area contributed by atoms with Gasteiger partial charge in [0.05, 0.1) is 0 Å². The maximum absolute atomic E-state index is 5.33. The molecule has 0 aliphatic carbocycles. The number of hydrogen-bond donors (Lipinski definition) is 2. The fourth-order valence-corrected chi connectivity index (χ4v) is 0.796. The second-order valence-electron chi connectivity index (χ2n) is 2.68. The smallest absolute Gasteiger partial charge is 0.222 e. The molecule has 0 bridgehead atoms. The Kier molecular flexibility index (Phi) is 2.99. The molecule has 66 valence electrons. The maximum atomic E-state index is 5.33. The van der Waals surface area contributed by atoms with Gasteiger partial charge in [0, 0.05) is 25.0 Å². The summed E-state index contributed by atoms with van der Waals surface area (Å²) in [5.41, 5.74) is 7.44. The van der Waals surface area contributed by atoms with Crippen LogP contribution in [0.4, 0.5) is 5.95 Å². The third kappa shape index (κ3) is 2.17. The van der Waals surface area contributed by atoms with E-state index in [-0.39, 0.29) is 0 Å². The van der Waals surface area contributed by atoms with Gasteiger partial charge in [-0.3, -0.25) is 0 Å². The van der Waals surface area contributed by atoms with Crippen molar-refractivity contribution in [2.75, 3.05) is 18.4 Å². The van der Waals surface area contributed by atoms with Gasteiger partial charge in [-0.05, 0) is 19.4 Å². The van der Waals surface area contributed by atoms with Crippen LogP contribution in [0.1, 0.15) is 11.3 Å². The minimum absolute atomic E-state index is 0.594. The number of aryl methyl sites for hydroxylation is 2. The molecular weight excluding hydrogens is 152 g/mol. The van der Waals surface area contributed by atoms with Gasteiger partial charge in [0.1, 0.15) is 0 Å². The molecule has 0 aliphatic heterocycles. The second-order valence-corrected chi connectivity index (χ2v) is 2.68. The van der Waals surface area contributed by atoms with Gasteiger partial charge in [-0.1, -0.05) is 0 Å². The summed E-state index contributed by atoms with van der Waals surface area (Å²) < 4.78 is 0. The molecule has 0 radical (unpaired) electrons. The lowest BCUT2D eigenvalue weighted by atomic mass is 10.3. The van der Waals surface area contributed by atoms with Crippen LogP contribution in [0, 0.1) is 13.8 Å². The Morgan fingerprint density at radius 1 is 1.50 bits per heavy atom. The van der Waals surface area contributed by atoms with Gasteiger partial charge in [-0.25, -0.2) is 9.97 Å². The van der Waals surface area contributed by atoms with Crippen molar-refractivity contribution in [3.8, 4) is 0 Å². The van der Waals surface area contributed by atoms with Crippen LogP contribution in [0.2, 0.25) is 0 Å². The topological polar surface area (TPSA) is 63.8 Å². The number of aromatic nitrogens is 2. The van der Waals surface area contributed by atoms with E-state index in [1.165, 1.54) is 0 Å². The van der Waals surface area contributed by atoms with Gasteiger partial charge in [0.25, 0.3) is 0 Å². The Labute approximate surface area is 72.2 Å². The Bertz CT molecular complexity index is 259. The Morgan fingerprint density at radius 3 is 2.83 bits per heavy atom. The van der Waals surface area contributed by atoms with Gasteiger partial charge in [-0.2, -0.15) is 0 Å². The summed E-state index contributed by atoms with van der Waals surface area (Å²) in [5.74, 6) is 0.656. The molecule has 0 saturated carbocycles. The van der Waals surface area contributed by atoms with E-state index in [2.05, 4.69) is 15.3 Å². The van der Waals surface area contributed by atoms with Crippen LogP contribution < -0.4 is 11.1 Å². The molecule has 0 atom stereocenters. The van der Waals surface area contributed by atoms with Gasteiger partial charge in [0.15, 0.2) is 0 Å². The third-order valence-electron chi connectivity index (χ3n) is 1.65. The monoisotopic (exact) mass is 166 g/mol. The summed E-state index contributed by atoms with van der Waals surface area (Å²) in [5, 5.41) is 3.02. The van der Waals surface area contributed by atoms with Crippen molar-refractivity contribution in [3.05, 3.63) is 17.5 Å². The number of nitrogens with two attached hydrogens (primary N) is 1. The van der Waals surface area contributed by atoms with Crippen LogP contribution in [-0.4, -0.2) is 23.1 Å². The molecule has 0 amide bonds. The molecule has 0 aromatic carbocycles. The zero-order valence-electron chi connectivity index (χ0n) is 7.46. The van der Waals surface area contributed by atoms with Crippen LogP contribution in [0.25, 0.3) is 0 Å². The molecule has 0 fully saturated rings. The summed E-state index contributed by atoms with van der Waals surface area (Å²) in [6.45, 7) is 5.26. The van der Waals surface area contributed by atoms with E-state index in [1.54, 1.807) is 6.20 Å². The molecule has 1 aromatic rings. The SMILES string of the molecule is Cc1cnc(NCCN)nc1C. The fourth-order valence-electron chi connectivity index (χ4n) is 0.796. The van der Waals surface area contributed by atoms with Gasteiger partial charge in [0.2, 0.25) is 5.95 Å². The minimum atomic E-state index is 0.594. The highest BCUT2D eigenvalue weighted by molar-refractivity contribution is 5.28. The van der Waals surface area contributed by atoms with E-state index in [0.29, 0.717) is 19.0 Å². The standard InChI is InChI=1S/C8H14N4/c1-6-5-11-8(10-4-3-9)12-7(6)2/h5H,3-4,9H2,1-2H3,(H,10,11,12). The maximum Gasteiger partial charge on any atom is 0.222 e. The first-order chi connectivity index (χ1) is 5.74. The largest absolute Gasteiger partial charge is 0.353 e. The number of nitrogens with one attached hydrogen (secondary N) is 1. The first-order valence-corrected chi connectivity index (χ1v) is 3.98. The van der Waals surface area contributed by atoms with E-state index in [4.69, 9.17) is 5.73 Å². The molecule has 4 nitrogen and oxygen atoms in total. The molecular formula is C8H14N4. The van der Waals surface area contributed by atoms with Crippen molar-refractivity contribution in [1.82, 2.24) is 9.97 Å². The number of anilines is 1. The fraction of sp³-hybridized carbons (Fsp3) is 0.500. The Morgan fingerprint density at radius 2 is 2.25 bits per heavy atom. The van der Waals surface area contributed by atoms with E-state index in [0.717, 1.165) is 11.3 Å². The van der Waals surface area contributed by atoms with E-state index in [9.17, 15) is 0 Å². The lowest BCUT2D eigenvalue weighted by Crippen LogP contribution is -2.15. The third-order valence-corrected chi connectivity index (χ3v) is 1.65. The van der Waals surface area contributed by atoms with Crippen molar-refractivity contribution >= 4 is 5.95 Å². The van der Waals surface area contributed by atoms with E-state index >= 15 is 0 Å². The Balaban J connectivity index is 2.69. The predicted octanol–water partition coefficient (Wildman–Crippen LogP) is 0.464. The summed E-state index contributed by atoms with van der Waals surface area (Å²) in [4.78, 5) is 8.33. The van der Waals surface area contributed by atoms with Crippen LogP contribution in [0.15, 0.2) is 6.20 Å². The molecule has 0 aliphatic rings. The molecule has 1 rings (SSSR count). The van der Waals surface area contributed by atoms with E-state index < -0.39 is 0 Å². The number of hydrogen-bond acceptors (Lipinski definition) is 4. The normalized spacial score (nSPS) is 9.92. The molecule has 4 heteroatoms. The highest BCUT2D eigenvalue weighted by Gasteiger charge is 1.97. The first kappa shape index (κ1) is 8.93. The minimum Gasteiger partial charge on any atom is -0.353 e. The van der Waals surface area contributed by atoms with Crippen LogP contribution in [0.3, 0.4) is 0 Å². The van der Waals surface area contributed by atoms with E-state index in [1.807, 2.05) is 13.8 Å². The molecule has 0 spiro atoms. The van der Waals surface area contributed by atoms with Crippen molar-refractivity contribution in [3.63, 3.8) is 0 Å². The highest BCUT2D eigenvalue weighted by atomic mass is 15.1. The van der Waals surface area contributed by atoms with Gasteiger partial charge >= 0.3 is 0 Å². The number of nitrogens with zero attached hydrogens (tertiary/aromatic N) is 2. The number of rotatable bonds is 3. The van der Waals surface area contributed by atoms with Crippen LogP contribution in [-0.2, 0) is 0 Å². The van der Waals surface area contributed by atoms with Gasteiger partial charge < -0.3 is 11.1 Å². The zero-order valence-corrected chi connectivity index (χ0v) is 7.46. The lowest BCUT2D eigenvalue weighted by molar-refractivity contribution is 0.971. The van der Waals surface area contributed by atoms with Crippen molar-refractivity contribution < 1.29 is 0 Å². The second kappa shape index (κ2) is 4.01. The van der Waals surface area contributed by atoms with Crippen molar-refractivity contribution in [2.45, 2.75) is 13.8 Å². The zero-order chi connectivity index (χ0) is 8.97. The molecule has 1 aromatic heterocycles. The summed E-state index contributed by atoms with van der Waals surface area (Å²) in [6, 6.07) is 0. The molecule has 3 N–H and O–H groups in total. The van der Waals surface area contributed by atoms with Crippen LogP contribution in [0.5, 0.6) is 0 Å². The summed E-state index contributed by atoms with van der Waals surface area (Å²) in [7, 11) is 0. The molecule has 12 heavy (non-hydrogen) atoms. The molecule has 0 unspecified atom stereocenters. The first-order valence-electron chi connectivity index (χ1n) is 3.98. The van der Waals surface area contributed by atoms with Crippen LogP contribution >= 0.6 is 0 Å². The summed E-state index contributed by atoms with van der Waals surface area (Å²) >= 11 is 0. The predicted molar refractivity (Wildman–Crippen MR) is 49.1 cm³/mol. The van der Waals surface area contributed by atoms with Crippen molar-refractivity contribution in [1.29, 1.82) is 0 Å². The molecule has 0 saturated heterocycles.